The first-order valence-electron chi connectivity index (χ1n) is 4.91. The molecule has 0 saturated heterocycles. The summed E-state index contributed by atoms with van der Waals surface area (Å²) in [6.45, 7) is 0. The zero-order valence-electron chi connectivity index (χ0n) is 9.02. The Morgan fingerprint density at radius 2 is 2.00 bits per heavy atom. The molecule has 18 heavy (non-hydrogen) atoms. The number of anilines is 2. The number of nitrogens with one attached hydrogen (secondary N) is 1. The quantitative estimate of drug-likeness (QED) is 0.848. The van der Waals surface area contributed by atoms with E-state index in [1.165, 1.54) is 18.3 Å². The molecule has 0 aliphatic rings. The molecule has 92 valence electrons. The number of carbonyl (C=O) groups is 1. The average Bonchev–Trinajstić information content (AvgIpc) is 2.36. The van der Waals surface area contributed by atoms with Crippen LogP contribution in [0.1, 0.15) is 10.5 Å². The van der Waals surface area contributed by atoms with Crippen LogP contribution in [-0.4, -0.2) is 15.9 Å². The predicted octanol–water partition coefficient (Wildman–Crippen LogP) is 1.59. The first-order valence-corrected chi connectivity index (χ1v) is 4.91. The minimum absolute atomic E-state index is 0.0483. The monoisotopic (exact) mass is 250 g/mol. The van der Waals surface area contributed by atoms with Gasteiger partial charge in [0.2, 0.25) is 0 Å². The molecule has 0 spiro atoms. The third-order valence-corrected chi connectivity index (χ3v) is 2.10. The van der Waals surface area contributed by atoms with Crippen LogP contribution in [-0.2, 0) is 0 Å². The molecule has 0 bridgehead atoms. The summed E-state index contributed by atoms with van der Waals surface area (Å²) in [6.07, 6.45) is 2.33. The Morgan fingerprint density at radius 1 is 1.22 bits per heavy atom. The third kappa shape index (κ3) is 2.40. The minimum Gasteiger partial charge on any atom is -0.382 e. The molecule has 0 atom stereocenters. The SMILES string of the molecule is Nc1cnc(C(=O)Nc2cccc(F)c2F)cn1. The molecule has 1 aromatic heterocycles. The number of halogens is 2. The molecule has 1 amide bonds. The van der Waals surface area contributed by atoms with Gasteiger partial charge in [0.15, 0.2) is 11.6 Å². The van der Waals surface area contributed by atoms with Gasteiger partial charge in [0, 0.05) is 0 Å². The van der Waals surface area contributed by atoms with Gasteiger partial charge in [0.1, 0.15) is 11.5 Å². The van der Waals surface area contributed by atoms with Gasteiger partial charge in [-0.15, -0.1) is 0 Å². The Morgan fingerprint density at radius 3 is 2.67 bits per heavy atom. The fraction of sp³-hybridized carbons (Fsp3) is 0. The number of hydrogen-bond acceptors (Lipinski definition) is 4. The lowest BCUT2D eigenvalue weighted by Crippen LogP contribution is -2.15. The molecule has 7 heteroatoms. The van der Waals surface area contributed by atoms with Gasteiger partial charge in [0.25, 0.3) is 5.91 Å². The second kappa shape index (κ2) is 4.74. The highest BCUT2D eigenvalue weighted by Gasteiger charge is 2.13. The van der Waals surface area contributed by atoms with E-state index in [0.29, 0.717) is 0 Å². The molecule has 0 saturated carbocycles. The summed E-state index contributed by atoms with van der Waals surface area (Å²) in [4.78, 5) is 19.0. The highest BCUT2D eigenvalue weighted by Crippen LogP contribution is 2.17. The summed E-state index contributed by atoms with van der Waals surface area (Å²) in [6, 6.07) is 3.47. The highest BCUT2D eigenvalue weighted by atomic mass is 19.2. The lowest BCUT2D eigenvalue weighted by molar-refractivity contribution is 0.102. The summed E-state index contributed by atoms with van der Waals surface area (Å²) in [5.74, 6) is -2.72. The predicted molar refractivity (Wildman–Crippen MR) is 60.8 cm³/mol. The van der Waals surface area contributed by atoms with Crippen molar-refractivity contribution in [2.45, 2.75) is 0 Å². The summed E-state index contributed by atoms with van der Waals surface area (Å²) in [5.41, 5.74) is 5.00. The molecule has 5 nitrogen and oxygen atoms in total. The zero-order valence-corrected chi connectivity index (χ0v) is 9.02. The van der Waals surface area contributed by atoms with E-state index in [2.05, 4.69) is 15.3 Å². The van der Waals surface area contributed by atoms with Gasteiger partial charge in [-0.05, 0) is 12.1 Å². The Balaban J connectivity index is 2.21. The Kier molecular flexibility index (Phi) is 3.13. The van der Waals surface area contributed by atoms with Gasteiger partial charge in [-0.1, -0.05) is 6.07 Å². The summed E-state index contributed by atoms with van der Waals surface area (Å²) >= 11 is 0. The number of benzene rings is 1. The molecule has 2 aromatic rings. The molecule has 0 aliphatic heterocycles. The van der Waals surface area contributed by atoms with E-state index in [4.69, 9.17) is 5.73 Å². The van der Waals surface area contributed by atoms with Crippen LogP contribution in [0.5, 0.6) is 0 Å². The fourth-order valence-electron chi connectivity index (χ4n) is 1.24. The number of aromatic nitrogens is 2. The molecule has 0 fully saturated rings. The maximum atomic E-state index is 13.3. The second-order valence-corrected chi connectivity index (χ2v) is 3.38. The number of nitrogen functional groups attached to an aromatic ring is 1. The van der Waals surface area contributed by atoms with Crippen molar-refractivity contribution in [3.63, 3.8) is 0 Å². The summed E-state index contributed by atoms with van der Waals surface area (Å²) < 4.78 is 26.2. The molecule has 0 unspecified atom stereocenters. The van der Waals surface area contributed by atoms with Crippen LogP contribution in [0.3, 0.4) is 0 Å². The fourth-order valence-corrected chi connectivity index (χ4v) is 1.24. The van der Waals surface area contributed by atoms with Crippen molar-refractivity contribution in [3.05, 3.63) is 47.9 Å². The van der Waals surface area contributed by atoms with Crippen LogP contribution in [0.4, 0.5) is 20.3 Å². The van der Waals surface area contributed by atoms with Gasteiger partial charge in [-0.2, -0.15) is 0 Å². The molecule has 0 radical (unpaired) electrons. The van der Waals surface area contributed by atoms with E-state index >= 15 is 0 Å². The van der Waals surface area contributed by atoms with E-state index in [1.807, 2.05) is 0 Å². The molecule has 3 N–H and O–H groups in total. The maximum absolute atomic E-state index is 13.3. The smallest absolute Gasteiger partial charge is 0.275 e. The van der Waals surface area contributed by atoms with E-state index < -0.39 is 17.5 Å². The van der Waals surface area contributed by atoms with E-state index in [9.17, 15) is 13.6 Å². The first-order chi connectivity index (χ1) is 8.58. The standard InChI is InChI=1S/C11H8F2N4O/c12-6-2-1-3-7(10(6)13)17-11(18)8-4-16-9(14)5-15-8/h1-5H,(H2,14,16)(H,17,18). The average molecular weight is 250 g/mol. The van der Waals surface area contributed by atoms with Crippen LogP contribution in [0.2, 0.25) is 0 Å². The topological polar surface area (TPSA) is 80.9 Å². The summed E-state index contributed by atoms with van der Waals surface area (Å²) in [5, 5.41) is 2.19. The minimum atomic E-state index is -1.13. The van der Waals surface area contributed by atoms with Crippen molar-refractivity contribution < 1.29 is 13.6 Å². The van der Waals surface area contributed by atoms with Crippen molar-refractivity contribution in [3.8, 4) is 0 Å². The number of hydrogen-bond donors (Lipinski definition) is 2. The molecule has 1 aromatic carbocycles. The van der Waals surface area contributed by atoms with Crippen LogP contribution in [0.25, 0.3) is 0 Å². The lowest BCUT2D eigenvalue weighted by atomic mass is 10.3. The van der Waals surface area contributed by atoms with E-state index in [0.717, 1.165) is 12.3 Å². The van der Waals surface area contributed by atoms with Gasteiger partial charge < -0.3 is 11.1 Å². The second-order valence-electron chi connectivity index (χ2n) is 3.38. The number of nitrogens with two attached hydrogens (primary N) is 1. The molecular formula is C11H8F2N4O. The Bertz CT molecular complexity index is 586. The van der Waals surface area contributed by atoms with Gasteiger partial charge >= 0.3 is 0 Å². The third-order valence-electron chi connectivity index (χ3n) is 2.10. The van der Waals surface area contributed by atoms with Gasteiger partial charge in [-0.3, -0.25) is 4.79 Å². The molecule has 0 aliphatic carbocycles. The van der Waals surface area contributed by atoms with Crippen molar-refractivity contribution >= 4 is 17.4 Å². The highest BCUT2D eigenvalue weighted by molar-refractivity contribution is 6.02. The number of nitrogens with zero attached hydrogens (tertiary/aromatic N) is 2. The number of amides is 1. The van der Waals surface area contributed by atoms with Crippen LogP contribution >= 0.6 is 0 Å². The molecule has 1 heterocycles. The normalized spacial score (nSPS) is 10.1. The van der Waals surface area contributed by atoms with Crippen molar-refractivity contribution in [1.82, 2.24) is 9.97 Å². The summed E-state index contributed by atoms with van der Waals surface area (Å²) in [7, 11) is 0. The van der Waals surface area contributed by atoms with Crippen molar-refractivity contribution in [2.75, 3.05) is 11.1 Å². The Hall–Kier alpha value is -2.57. The van der Waals surface area contributed by atoms with E-state index in [1.54, 1.807) is 0 Å². The maximum Gasteiger partial charge on any atom is 0.275 e. The van der Waals surface area contributed by atoms with Crippen molar-refractivity contribution in [1.29, 1.82) is 0 Å². The largest absolute Gasteiger partial charge is 0.382 e. The lowest BCUT2D eigenvalue weighted by Gasteiger charge is -2.05. The zero-order chi connectivity index (χ0) is 13.1. The molecule has 2 rings (SSSR count). The number of carbonyl (C=O) groups excluding carboxylic acids is 1. The Labute approximate surface area is 101 Å². The van der Waals surface area contributed by atoms with Crippen LogP contribution in [0.15, 0.2) is 30.6 Å². The van der Waals surface area contributed by atoms with Gasteiger partial charge in [0.05, 0.1) is 18.1 Å². The molecular weight excluding hydrogens is 242 g/mol. The number of rotatable bonds is 2. The van der Waals surface area contributed by atoms with Crippen LogP contribution < -0.4 is 11.1 Å². The van der Waals surface area contributed by atoms with E-state index in [-0.39, 0.29) is 17.2 Å². The first kappa shape index (κ1) is 11.9. The van der Waals surface area contributed by atoms with Crippen LogP contribution in [0, 0.1) is 11.6 Å². The van der Waals surface area contributed by atoms with Gasteiger partial charge in [-0.25, -0.2) is 18.7 Å². The van der Waals surface area contributed by atoms with Crippen molar-refractivity contribution in [2.24, 2.45) is 0 Å².